The van der Waals surface area contributed by atoms with E-state index >= 15 is 0 Å². The molecule has 2 aromatic rings. The zero-order valence-corrected chi connectivity index (χ0v) is 14.8. The predicted octanol–water partition coefficient (Wildman–Crippen LogP) is 1.10. The molecule has 0 bridgehead atoms. The first-order valence-corrected chi connectivity index (χ1v) is 9.05. The Hall–Kier alpha value is -2.77. The monoisotopic (exact) mass is 354 g/mol. The van der Waals surface area contributed by atoms with Crippen molar-refractivity contribution in [3.63, 3.8) is 0 Å². The molecule has 1 aromatic carbocycles. The minimum atomic E-state index is 0.0139. The van der Waals surface area contributed by atoms with Gasteiger partial charge < -0.3 is 9.80 Å². The number of aryl methyl sites for hydroxylation is 1. The van der Waals surface area contributed by atoms with E-state index in [4.69, 9.17) is 0 Å². The van der Waals surface area contributed by atoms with Gasteiger partial charge in [-0.25, -0.2) is 0 Å². The van der Waals surface area contributed by atoms with Crippen molar-refractivity contribution in [2.24, 2.45) is 7.05 Å². The molecule has 0 saturated carbocycles. The molecule has 1 aromatic heterocycles. The zero-order valence-electron chi connectivity index (χ0n) is 14.8. The van der Waals surface area contributed by atoms with Gasteiger partial charge in [0.1, 0.15) is 0 Å². The lowest BCUT2D eigenvalue weighted by Crippen LogP contribution is -2.50. The third-order valence-electron chi connectivity index (χ3n) is 5.13. The first-order chi connectivity index (χ1) is 12.6. The number of benzene rings is 1. The Bertz CT molecular complexity index is 815. The highest BCUT2D eigenvalue weighted by atomic mass is 16.2. The maximum absolute atomic E-state index is 12.9. The molecule has 2 fully saturated rings. The second kappa shape index (κ2) is 6.86. The number of rotatable bonds is 3. The van der Waals surface area contributed by atoms with E-state index in [-0.39, 0.29) is 17.9 Å². The van der Waals surface area contributed by atoms with Crippen molar-refractivity contribution in [3.8, 4) is 11.4 Å². The Morgan fingerprint density at radius 1 is 1.15 bits per heavy atom. The number of hydrogen-bond donors (Lipinski definition) is 0. The van der Waals surface area contributed by atoms with E-state index in [9.17, 15) is 9.59 Å². The van der Waals surface area contributed by atoms with Gasteiger partial charge in [-0.1, -0.05) is 12.1 Å². The molecule has 2 amide bonds. The summed E-state index contributed by atoms with van der Waals surface area (Å²) in [6.45, 7) is 2.19. The van der Waals surface area contributed by atoms with Crippen LogP contribution in [0.5, 0.6) is 0 Å². The van der Waals surface area contributed by atoms with Crippen LogP contribution < -0.4 is 0 Å². The van der Waals surface area contributed by atoms with Crippen molar-refractivity contribution in [2.75, 3.05) is 19.6 Å². The summed E-state index contributed by atoms with van der Waals surface area (Å²) in [7, 11) is 1.71. The van der Waals surface area contributed by atoms with E-state index in [1.165, 1.54) is 4.80 Å². The fraction of sp³-hybridized carbons (Fsp3) is 0.500. The Labute approximate surface area is 151 Å². The van der Waals surface area contributed by atoms with Gasteiger partial charge in [0.25, 0.3) is 5.91 Å². The Morgan fingerprint density at radius 2 is 1.96 bits per heavy atom. The molecule has 0 N–H and O–H groups in total. The minimum Gasteiger partial charge on any atom is -0.338 e. The van der Waals surface area contributed by atoms with Crippen LogP contribution in [-0.2, 0) is 11.8 Å². The maximum atomic E-state index is 12.9. The molecule has 0 aliphatic carbocycles. The quantitative estimate of drug-likeness (QED) is 0.824. The van der Waals surface area contributed by atoms with Gasteiger partial charge in [0.15, 0.2) is 0 Å². The molecule has 2 aliphatic heterocycles. The van der Waals surface area contributed by atoms with Gasteiger partial charge in [-0.3, -0.25) is 9.59 Å². The highest BCUT2D eigenvalue weighted by Crippen LogP contribution is 2.23. The third kappa shape index (κ3) is 3.18. The van der Waals surface area contributed by atoms with Crippen molar-refractivity contribution < 1.29 is 9.59 Å². The summed E-state index contributed by atoms with van der Waals surface area (Å²) in [5, 5.41) is 12.0. The first kappa shape index (κ1) is 16.7. The molecular weight excluding hydrogens is 332 g/mol. The molecule has 1 atom stereocenters. The van der Waals surface area contributed by atoms with E-state index in [0.29, 0.717) is 24.4 Å². The van der Waals surface area contributed by atoms with Crippen LogP contribution in [0.2, 0.25) is 0 Å². The molecular formula is C18H22N6O2. The van der Waals surface area contributed by atoms with Crippen molar-refractivity contribution in [1.82, 2.24) is 30.0 Å². The topological polar surface area (TPSA) is 84.2 Å². The summed E-state index contributed by atoms with van der Waals surface area (Å²) in [4.78, 5) is 30.1. The number of tetrazole rings is 1. The summed E-state index contributed by atoms with van der Waals surface area (Å²) >= 11 is 0. The van der Waals surface area contributed by atoms with Gasteiger partial charge in [0.05, 0.1) is 7.05 Å². The lowest BCUT2D eigenvalue weighted by molar-refractivity contribution is -0.130. The molecule has 0 unspecified atom stereocenters. The number of carbonyl (C=O) groups excluding carboxylic acids is 2. The number of nitrogens with zero attached hydrogens (tertiary/aromatic N) is 6. The number of carbonyl (C=O) groups is 2. The van der Waals surface area contributed by atoms with Crippen molar-refractivity contribution >= 4 is 11.8 Å². The average Bonchev–Trinajstić information content (AvgIpc) is 3.30. The van der Waals surface area contributed by atoms with Gasteiger partial charge in [0, 0.05) is 43.2 Å². The van der Waals surface area contributed by atoms with Gasteiger partial charge >= 0.3 is 0 Å². The van der Waals surface area contributed by atoms with Crippen LogP contribution in [-0.4, -0.2) is 67.5 Å². The van der Waals surface area contributed by atoms with Crippen molar-refractivity contribution in [2.45, 2.75) is 31.7 Å². The second-order valence-corrected chi connectivity index (χ2v) is 6.92. The lowest BCUT2D eigenvalue weighted by Gasteiger charge is -2.37. The molecule has 2 saturated heterocycles. The largest absolute Gasteiger partial charge is 0.338 e. The Morgan fingerprint density at radius 3 is 2.62 bits per heavy atom. The normalized spacial score (nSPS) is 20.7. The molecule has 2 aliphatic rings. The minimum absolute atomic E-state index is 0.0139. The number of amides is 2. The number of piperidine rings is 1. The van der Waals surface area contributed by atoms with Gasteiger partial charge in [-0.2, -0.15) is 4.80 Å². The maximum Gasteiger partial charge on any atom is 0.253 e. The van der Waals surface area contributed by atoms with Gasteiger partial charge in [-0.15, -0.1) is 10.2 Å². The summed E-state index contributed by atoms with van der Waals surface area (Å²) in [5.74, 6) is 0.780. The lowest BCUT2D eigenvalue weighted by atomic mass is 10.0. The van der Waals surface area contributed by atoms with E-state index < -0.39 is 0 Å². The second-order valence-electron chi connectivity index (χ2n) is 6.92. The highest BCUT2D eigenvalue weighted by Gasteiger charge is 2.33. The Kier molecular flexibility index (Phi) is 4.40. The summed E-state index contributed by atoms with van der Waals surface area (Å²) in [5.41, 5.74) is 1.47. The average molecular weight is 354 g/mol. The number of likely N-dealkylation sites (tertiary alicyclic amines) is 2. The Balaban J connectivity index is 1.45. The molecule has 8 nitrogen and oxygen atoms in total. The van der Waals surface area contributed by atoms with E-state index in [1.54, 1.807) is 19.2 Å². The molecule has 3 heterocycles. The first-order valence-electron chi connectivity index (χ1n) is 9.05. The molecule has 136 valence electrons. The van der Waals surface area contributed by atoms with E-state index in [0.717, 1.165) is 37.9 Å². The van der Waals surface area contributed by atoms with Crippen LogP contribution in [0, 0.1) is 0 Å². The number of hydrogen-bond acceptors (Lipinski definition) is 5. The molecule has 4 rings (SSSR count). The zero-order chi connectivity index (χ0) is 18.1. The van der Waals surface area contributed by atoms with Crippen LogP contribution in [0.3, 0.4) is 0 Å². The van der Waals surface area contributed by atoms with Crippen LogP contribution in [0.25, 0.3) is 11.4 Å². The smallest absolute Gasteiger partial charge is 0.253 e. The standard InChI is InChI=1S/C18H22N6O2/c1-22-20-17(19-21-22)13-6-8-14(9-7-13)18(26)23-10-2-4-15(12-23)24-11-3-5-16(24)25/h6-9,15H,2-5,10-12H2,1H3/t15-/m0/s1. The molecule has 0 spiro atoms. The fourth-order valence-electron chi connectivity index (χ4n) is 3.79. The summed E-state index contributed by atoms with van der Waals surface area (Å²) < 4.78 is 0. The van der Waals surface area contributed by atoms with Crippen molar-refractivity contribution in [3.05, 3.63) is 29.8 Å². The van der Waals surface area contributed by atoms with Crippen LogP contribution in [0.1, 0.15) is 36.0 Å². The van der Waals surface area contributed by atoms with E-state index in [1.807, 2.05) is 21.9 Å². The van der Waals surface area contributed by atoms with Crippen LogP contribution in [0.4, 0.5) is 0 Å². The summed E-state index contributed by atoms with van der Waals surface area (Å²) in [6.07, 6.45) is 3.48. The fourth-order valence-corrected chi connectivity index (χ4v) is 3.79. The molecule has 26 heavy (non-hydrogen) atoms. The highest BCUT2D eigenvalue weighted by molar-refractivity contribution is 5.94. The molecule has 0 radical (unpaired) electrons. The van der Waals surface area contributed by atoms with E-state index in [2.05, 4.69) is 15.4 Å². The molecule has 8 heteroatoms. The SMILES string of the molecule is Cn1nnc(-c2ccc(C(=O)N3CCC[C@H](N4CCCC4=O)C3)cc2)n1. The number of aromatic nitrogens is 4. The van der Waals surface area contributed by atoms with Crippen molar-refractivity contribution in [1.29, 1.82) is 0 Å². The predicted molar refractivity (Wildman–Crippen MR) is 94.1 cm³/mol. The van der Waals surface area contributed by atoms with Crippen LogP contribution in [0.15, 0.2) is 24.3 Å². The van der Waals surface area contributed by atoms with Gasteiger partial charge in [0.2, 0.25) is 11.7 Å². The van der Waals surface area contributed by atoms with Crippen LogP contribution >= 0.6 is 0 Å². The summed E-state index contributed by atoms with van der Waals surface area (Å²) in [6, 6.07) is 7.45. The third-order valence-corrected chi connectivity index (χ3v) is 5.13. The van der Waals surface area contributed by atoms with Gasteiger partial charge in [-0.05, 0) is 36.6 Å².